The van der Waals surface area contributed by atoms with Crippen LogP contribution in [0, 0.1) is 12.8 Å². The van der Waals surface area contributed by atoms with Gasteiger partial charge in [0.1, 0.15) is 0 Å². The quantitative estimate of drug-likeness (QED) is 0.808. The van der Waals surface area contributed by atoms with Crippen LogP contribution in [0.15, 0.2) is 42.5 Å². The molecule has 1 unspecified atom stereocenters. The number of anilines is 2. The van der Waals surface area contributed by atoms with Crippen LogP contribution in [0.2, 0.25) is 0 Å². The molecule has 1 N–H and O–H groups in total. The zero-order chi connectivity index (χ0) is 20.3. The maximum Gasteiger partial charge on any atom is 0.337 e. The molecule has 28 heavy (non-hydrogen) atoms. The lowest BCUT2D eigenvalue weighted by Crippen LogP contribution is -2.28. The number of esters is 1. The maximum atomic E-state index is 12.7. The van der Waals surface area contributed by atoms with E-state index in [9.17, 15) is 14.4 Å². The van der Waals surface area contributed by atoms with E-state index in [2.05, 4.69) is 12.2 Å². The molecule has 0 aliphatic carbocycles. The molecule has 6 nitrogen and oxygen atoms in total. The van der Waals surface area contributed by atoms with Crippen LogP contribution < -0.4 is 10.2 Å². The van der Waals surface area contributed by atoms with Crippen molar-refractivity contribution in [2.24, 2.45) is 5.92 Å². The van der Waals surface area contributed by atoms with Gasteiger partial charge in [0.15, 0.2) is 0 Å². The minimum Gasteiger partial charge on any atom is -0.465 e. The summed E-state index contributed by atoms with van der Waals surface area (Å²) in [6, 6.07) is 12.8. The molecule has 0 spiro atoms. The monoisotopic (exact) mass is 380 g/mol. The van der Waals surface area contributed by atoms with Gasteiger partial charge in [0, 0.05) is 24.3 Å². The number of benzene rings is 2. The van der Waals surface area contributed by atoms with Crippen molar-refractivity contribution in [3.05, 3.63) is 59.2 Å². The summed E-state index contributed by atoms with van der Waals surface area (Å²) in [5.41, 5.74) is 3.79. The fourth-order valence-corrected chi connectivity index (χ4v) is 3.36. The van der Waals surface area contributed by atoms with Crippen molar-refractivity contribution in [3.8, 4) is 0 Å². The molecule has 1 atom stereocenters. The van der Waals surface area contributed by atoms with Gasteiger partial charge in [-0.3, -0.25) is 9.59 Å². The number of ether oxygens (including phenoxy) is 1. The van der Waals surface area contributed by atoms with Crippen LogP contribution in [-0.2, 0) is 20.7 Å². The van der Waals surface area contributed by atoms with Crippen LogP contribution in [0.5, 0.6) is 0 Å². The summed E-state index contributed by atoms with van der Waals surface area (Å²) in [6.07, 6.45) is 1.07. The zero-order valence-electron chi connectivity index (χ0n) is 16.3. The second-order valence-electron chi connectivity index (χ2n) is 6.94. The predicted octanol–water partition coefficient (Wildman–Crippen LogP) is 3.34. The number of carbonyl (C=O) groups excluding carboxylic acids is 3. The first-order valence-corrected chi connectivity index (χ1v) is 9.32. The van der Waals surface area contributed by atoms with Crippen LogP contribution in [0.25, 0.3) is 0 Å². The zero-order valence-corrected chi connectivity index (χ0v) is 16.3. The summed E-state index contributed by atoms with van der Waals surface area (Å²) in [5, 5.41) is 2.88. The molecule has 1 fully saturated rings. The van der Waals surface area contributed by atoms with Gasteiger partial charge in [-0.05, 0) is 54.8 Å². The summed E-state index contributed by atoms with van der Waals surface area (Å²) >= 11 is 0. The number of carbonyl (C=O) groups is 3. The largest absolute Gasteiger partial charge is 0.465 e. The predicted molar refractivity (Wildman–Crippen MR) is 107 cm³/mol. The minimum absolute atomic E-state index is 0.0498. The highest BCUT2D eigenvalue weighted by Gasteiger charge is 2.35. The Bertz CT molecular complexity index is 923. The Hall–Kier alpha value is -3.15. The summed E-state index contributed by atoms with van der Waals surface area (Å²) < 4.78 is 4.71. The van der Waals surface area contributed by atoms with Crippen LogP contribution in [0.4, 0.5) is 11.4 Å². The van der Waals surface area contributed by atoms with Gasteiger partial charge < -0.3 is 15.0 Å². The lowest BCUT2D eigenvalue weighted by atomic mass is 10.1. The molecule has 2 amide bonds. The van der Waals surface area contributed by atoms with Gasteiger partial charge in [0.25, 0.3) is 0 Å². The van der Waals surface area contributed by atoms with Crippen molar-refractivity contribution in [1.82, 2.24) is 0 Å². The SMILES string of the molecule is CCc1cccc(N2CC(C(=O)Nc3ccc(C(=O)OC)cc3C)CC2=O)c1. The normalized spacial score (nSPS) is 16.2. The van der Waals surface area contributed by atoms with E-state index in [0.717, 1.165) is 23.2 Å². The third kappa shape index (κ3) is 4.06. The molecule has 0 aromatic heterocycles. The van der Waals surface area contributed by atoms with Crippen molar-refractivity contribution >= 4 is 29.2 Å². The summed E-state index contributed by atoms with van der Waals surface area (Å²) in [7, 11) is 1.33. The highest BCUT2D eigenvalue weighted by molar-refractivity contribution is 6.04. The Labute approximate surface area is 164 Å². The van der Waals surface area contributed by atoms with Crippen molar-refractivity contribution in [2.45, 2.75) is 26.7 Å². The van der Waals surface area contributed by atoms with Gasteiger partial charge >= 0.3 is 5.97 Å². The Morgan fingerprint density at radius 1 is 1.21 bits per heavy atom. The van der Waals surface area contributed by atoms with E-state index in [4.69, 9.17) is 4.74 Å². The number of amides is 2. The number of hydrogen-bond donors (Lipinski definition) is 1. The Morgan fingerprint density at radius 2 is 2.00 bits per heavy atom. The highest BCUT2D eigenvalue weighted by atomic mass is 16.5. The molecule has 1 saturated heterocycles. The van der Waals surface area contributed by atoms with E-state index in [1.54, 1.807) is 23.1 Å². The van der Waals surface area contributed by atoms with Gasteiger partial charge in [-0.2, -0.15) is 0 Å². The average molecular weight is 380 g/mol. The van der Waals surface area contributed by atoms with E-state index < -0.39 is 11.9 Å². The Kier molecular flexibility index (Phi) is 5.78. The molecule has 2 aromatic carbocycles. The van der Waals surface area contributed by atoms with E-state index in [0.29, 0.717) is 17.8 Å². The molecule has 0 radical (unpaired) electrons. The summed E-state index contributed by atoms with van der Waals surface area (Å²) in [4.78, 5) is 38.4. The molecular formula is C22H24N2O4. The van der Waals surface area contributed by atoms with Crippen LogP contribution in [-0.4, -0.2) is 31.4 Å². The fraction of sp³-hybridized carbons (Fsp3) is 0.318. The molecule has 0 saturated carbocycles. The third-order valence-electron chi connectivity index (χ3n) is 5.03. The van der Waals surface area contributed by atoms with Gasteiger partial charge in [-0.1, -0.05) is 19.1 Å². The van der Waals surface area contributed by atoms with Crippen LogP contribution in [0.1, 0.15) is 34.8 Å². The van der Waals surface area contributed by atoms with Gasteiger partial charge in [0.2, 0.25) is 11.8 Å². The topological polar surface area (TPSA) is 75.7 Å². The van der Waals surface area contributed by atoms with Gasteiger partial charge in [-0.25, -0.2) is 4.79 Å². The first-order chi connectivity index (χ1) is 13.4. The summed E-state index contributed by atoms with van der Waals surface area (Å²) in [6.45, 7) is 4.23. The number of nitrogens with one attached hydrogen (secondary N) is 1. The third-order valence-corrected chi connectivity index (χ3v) is 5.03. The lowest BCUT2D eigenvalue weighted by molar-refractivity contribution is -0.122. The van der Waals surface area contributed by atoms with Crippen LogP contribution in [0.3, 0.4) is 0 Å². The minimum atomic E-state index is -0.424. The standard InChI is InChI=1S/C22H24N2O4/c1-4-15-6-5-7-18(11-15)24-13-17(12-20(24)25)21(26)23-19-9-8-16(10-14(19)2)22(27)28-3/h5-11,17H,4,12-13H2,1-3H3,(H,23,26). The molecule has 6 heteroatoms. The van der Waals surface area contributed by atoms with Gasteiger partial charge in [-0.15, -0.1) is 0 Å². The Morgan fingerprint density at radius 3 is 2.68 bits per heavy atom. The van der Waals surface area contributed by atoms with Crippen molar-refractivity contribution < 1.29 is 19.1 Å². The van der Waals surface area contributed by atoms with Gasteiger partial charge in [0.05, 0.1) is 18.6 Å². The number of aryl methyl sites for hydroxylation is 2. The molecule has 3 rings (SSSR count). The van der Waals surface area contributed by atoms with Crippen LogP contribution >= 0.6 is 0 Å². The molecular weight excluding hydrogens is 356 g/mol. The van der Waals surface area contributed by atoms with Crippen molar-refractivity contribution in [1.29, 1.82) is 0 Å². The molecule has 146 valence electrons. The molecule has 0 bridgehead atoms. The first kappa shape index (κ1) is 19.6. The van der Waals surface area contributed by atoms with E-state index in [1.807, 2.05) is 31.2 Å². The number of hydrogen-bond acceptors (Lipinski definition) is 4. The smallest absolute Gasteiger partial charge is 0.337 e. The second kappa shape index (κ2) is 8.25. The first-order valence-electron chi connectivity index (χ1n) is 9.32. The summed E-state index contributed by atoms with van der Waals surface area (Å²) in [5.74, 6) is -1.09. The lowest BCUT2D eigenvalue weighted by Gasteiger charge is -2.18. The van der Waals surface area contributed by atoms with Crippen molar-refractivity contribution in [3.63, 3.8) is 0 Å². The Balaban J connectivity index is 1.70. The highest BCUT2D eigenvalue weighted by Crippen LogP contribution is 2.27. The van der Waals surface area contributed by atoms with E-state index in [-0.39, 0.29) is 18.2 Å². The molecule has 2 aromatic rings. The fourth-order valence-electron chi connectivity index (χ4n) is 3.36. The number of rotatable bonds is 5. The molecule has 1 aliphatic rings. The second-order valence-corrected chi connectivity index (χ2v) is 6.94. The van der Waals surface area contributed by atoms with E-state index in [1.165, 1.54) is 7.11 Å². The van der Waals surface area contributed by atoms with Crippen molar-refractivity contribution in [2.75, 3.05) is 23.9 Å². The van der Waals surface area contributed by atoms with E-state index >= 15 is 0 Å². The molecule has 1 heterocycles. The molecule has 1 aliphatic heterocycles. The maximum absolute atomic E-state index is 12.7. The number of methoxy groups -OCH3 is 1. The number of nitrogens with zero attached hydrogens (tertiary/aromatic N) is 1. The average Bonchev–Trinajstić information content (AvgIpc) is 3.10.